The summed E-state index contributed by atoms with van der Waals surface area (Å²) >= 11 is 0. The Morgan fingerprint density at radius 1 is 1.07 bits per heavy atom. The Hall–Kier alpha value is -3.15. The van der Waals surface area contributed by atoms with E-state index in [1.54, 1.807) is 4.68 Å². The molecule has 0 atom stereocenters. The van der Waals surface area contributed by atoms with Crippen LogP contribution in [0.1, 0.15) is 43.4 Å². The van der Waals surface area contributed by atoms with Gasteiger partial charge in [0.05, 0.1) is 24.8 Å². The molecule has 3 aromatic rings. The SMILES string of the molecule is Cn1nnc(-c2ccc(OC3CCCCC3)cc2)c1CNC(=O)Cc1ccccc1. The number of ether oxygens (including phenoxy) is 1. The third-order valence-electron chi connectivity index (χ3n) is 5.59. The maximum absolute atomic E-state index is 12.3. The number of hydrogen-bond donors (Lipinski definition) is 1. The molecule has 1 saturated carbocycles. The van der Waals surface area contributed by atoms with Crippen LogP contribution in [0.15, 0.2) is 54.6 Å². The van der Waals surface area contributed by atoms with Crippen LogP contribution in [0, 0.1) is 0 Å². The van der Waals surface area contributed by atoms with E-state index in [1.807, 2.05) is 61.6 Å². The lowest BCUT2D eigenvalue weighted by molar-refractivity contribution is -0.120. The van der Waals surface area contributed by atoms with E-state index >= 15 is 0 Å². The third kappa shape index (κ3) is 5.06. The molecule has 2 aromatic carbocycles. The largest absolute Gasteiger partial charge is 0.490 e. The van der Waals surface area contributed by atoms with E-state index in [9.17, 15) is 4.79 Å². The van der Waals surface area contributed by atoms with Crippen LogP contribution in [0.4, 0.5) is 0 Å². The zero-order valence-electron chi connectivity index (χ0n) is 17.4. The van der Waals surface area contributed by atoms with Crippen molar-refractivity contribution in [3.8, 4) is 17.0 Å². The molecule has 1 amide bonds. The summed E-state index contributed by atoms with van der Waals surface area (Å²) in [6.07, 6.45) is 6.78. The van der Waals surface area contributed by atoms with Gasteiger partial charge in [0.1, 0.15) is 11.4 Å². The van der Waals surface area contributed by atoms with E-state index in [0.717, 1.165) is 41.1 Å². The second-order valence-electron chi connectivity index (χ2n) is 7.85. The van der Waals surface area contributed by atoms with E-state index < -0.39 is 0 Å². The molecule has 4 rings (SSSR count). The van der Waals surface area contributed by atoms with Crippen LogP contribution in [0.2, 0.25) is 0 Å². The van der Waals surface area contributed by atoms with Crippen LogP contribution in [0.5, 0.6) is 5.75 Å². The maximum Gasteiger partial charge on any atom is 0.224 e. The molecule has 156 valence electrons. The number of aryl methyl sites for hydroxylation is 1. The lowest BCUT2D eigenvalue weighted by Crippen LogP contribution is -2.26. The number of rotatable bonds is 7. The van der Waals surface area contributed by atoms with Crippen LogP contribution in [0.25, 0.3) is 11.3 Å². The van der Waals surface area contributed by atoms with Crippen LogP contribution >= 0.6 is 0 Å². The lowest BCUT2D eigenvalue weighted by Gasteiger charge is -2.23. The van der Waals surface area contributed by atoms with Crippen molar-refractivity contribution in [1.82, 2.24) is 20.3 Å². The molecule has 30 heavy (non-hydrogen) atoms. The number of aromatic nitrogens is 3. The average molecular weight is 405 g/mol. The van der Waals surface area contributed by atoms with Gasteiger partial charge in [0.25, 0.3) is 0 Å². The zero-order valence-corrected chi connectivity index (χ0v) is 17.4. The fraction of sp³-hybridized carbons (Fsp3) is 0.375. The first-order valence-corrected chi connectivity index (χ1v) is 10.7. The van der Waals surface area contributed by atoms with Gasteiger partial charge in [-0.2, -0.15) is 0 Å². The summed E-state index contributed by atoms with van der Waals surface area (Å²) in [6, 6.07) is 17.7. The number of carbonyl (C=O) groups is 1. The van der Waals surface area contributed by atoms with Crippen molar-refractivity contribution in [2.45, 2.75) is 51.2 Å². The number of nitrogens with zero attached hydrogens (tertiary/aromatic N) is 3. The normalized spacial score (nSPS) is 14.4. The minimum absolute atomic E-state index is 0.0235. The number of benzene rings is 2. The molecular formula is C24H28N4O2. The van der Waals surface area contributed by atoms with Crippen molar-refractivity contribution >= 4 is 5.91 Å². The standard InChI is InChI=1S/C24H28N4O2/c1-28-22(17-25-23(29)16-18-8-4-2-5-9-18)24(26-27-28)19-12-14-21(15-13-19)30-20-10-6-3-7-11-20/h2,4-5,8-9,12-15,20H,3,6-7,10-11,16-17H2,1H3,(H,25,29). The van der Waals surface area contributed by atoms with E-state index in [2.05, 4.69) is 15.6 Å². The van der Waals surface area contributed by atoms with Gasteiger partial charge < -0.3 is 10.1 Å². The highest BCUT2D eigenvalue weighted by Gasteiger charge is 2.16. The second kappa shape index (κ2) is 9.57. The van der Waals surface area contributed by atoms with Crippen molar-refractivity contribution in [2.24, 2.45) is 7.05 Å². The van der Waals surface area contributed by atoms with E-state index in [4.69, 9.17) is 4.74 Å². The Kier molecular flexibility index (Phi) is 6.42. The van der Waals surface area contributed by atoms with Gasteiger partial charge in [-0.25, -0.2) is 4.68 Å². The molecule has 1 heterocycles. The van der Waals surface area contributed by atoms with Gasteiger partial charge in [0.2, 0.25) is 5.91 Å². The molecule has 1 aliphatic carbocycles. The zero-order chi connectivity index (χ0) is 20.8. The first-order chi connectivity index (χ1) is 14.7. The van der Waals surface area contributed by atoms with Crippen LogP contribution in [-0.2, 0) is 24.8 Å². The molecular weight excluding hydrogens is 376 g/mol. The fourth-order valence-corrected chi connectivity index (χ4v) is 3.89. The Labute approximate surface area is 177 Å². The first-order valence-electron chi connectivity index (χ1n) is 10.7. The first kappa shape index (κ1) is 20.1. The molecule has 1 aliphatic rings. The molecule has 6 nitrogen and oxygen atoms in total. The quantitative estimate of drug-likeness (QED) is 0.645. The summed E-state index contributed by atoms with van der Waals surface area (Å²) in [4.78, 5) is 12.3. The number of nitrogens with one attached hydrogen (secondary N) is 1. The van der Waals surface area contributed by atoms with E-state index in [0.29, 0.717) is 19.1 Å². The average Bonchev–Trinajstić information content (AvgIpc) is 3.14. The summed E-state index contributed by atoms with van der Waals surface area (Å²) in [5.41, 5.74) is 3.61. The highest BCUT2D eigenvalue weighted by Crippen LogP contribution is 2.27. The number of hydrogen-bond acceptors (Lipinski definition) is 4. The van der Waals surface area contributed by atoms with Crippen LogP contribution in [0.3, 0.4) is 0 Å². The molecule has 0 aliphatic heterocycles. The van der Waals surface area contributed by atoms with Crippen molar-refractivity contribution in [1.29, 1.82) is 0 Å². The summed E-state index contributed by atoms with van der Waals surface area (Å²) in [5.74, 6) is 0.872. The molecule has 0 saturated heterocycles. The summed E-state index contributed by atoms with van der Waals surface area (Å²) in [6.45, 7) is 0.380. The van der Waals surface area contributed by atoms with E-state index in [-0.39, 0.29) is 5.91 Å². The molecule has 0 bridgehead atoms. The molecule has 1 N–H and O–H groups in total. The minimum Gasteiger partial charge on any atom is -0.490 e. The van der Waals surface area contributed by atoms with Gasteiger partial charge in [0.15, 0.2) is 0 Å². The maximum atomic E-state index is 12.3. The highest BCUT2D eigenvalue weighted by molar-refractivity contribution is 5.78. The second-order valence-corrected chi connectivity index (χ2v) is 7.85. The number of carbonyl (C=O) groups excluding carboxylic acids is 1. The fourth-order valence-electron chi connectivity index (χ4n) is 3.89. The summed E-state index contributed by atoms with van der Waals surface area (Å²) in [7, 11) is 1.84. The molecule has 6 heteroatoms. The predicted octanol–water partition coefficient (Wildman–Crippen LogP) is 4.05. The third-order valence-corrected chi connectivity index (χ3v) is 5.59. The van der Waals surface area contributed by atoms with Crippen molar-refractivity contribution in [3.05, 3.63) is 65.9 Å². The van der Waals surface area contributed by atoms with E-state index in [1.165, 1.54) is 19.3 Å². The summed E-state index contributed by atoms with van der Waals surface area (Å²) < 4.78 is 7.83. The Morgan fingerprint density at radius 2 is 1.80 bits per heavy atom. The van der Waals surface area contributed by atoms with Crippen molar-refractivity contribution in [3.63, 3.8) is 0 Å². The molecule has 0 spiro atoms. The topological polar surface area (TPSA) is 69.0 Å². The van der Waals surface area contributed by atoms with Gasteiger partial charge in [-0.15, -0.1) is 5.10 Å². The van der Waals surface area contributed by atoms with Gasteiger partial charge in [0, 0.05) is 12.6 Å². The monoisotopic (exact) mass is 404 g/mol. The highest BCUT2D eigenvalue weighted by atomic mass is 16.5. The number of amides is 1. The Bertz CT molecular complexity index is 961. The minimum atomic E-state index is -0.0235. The summed E-state index contributed by atoms with van der Waals surface area (Å²) in [5, 5.41) is 11.5. The van der Waals surface area contributed by atoms with Gasteiger partial charge >= 0.3 is 0 Å². The predicted molar refractivity (Wildman–Crippen MR) is 116 cm³/mol. The van der Waals surface area contributed by atoms with Crippen LogP contribution < -0.4 is 10.1 Å². The van der Waals surface area contributed by atoms with Gasteiger partial charge in [-0.05, 0) is 55.5 Å². The lowest BCUT2D eigenvalue weighted by atomic mass is 9.98. The van der Waals surface area contributed by atoms with Crippen molar-refractivity contribution in [2.75, 3.05) is 0 Å². The molecule has 1 fully saturated rings. The van der Waals surface area contributed by atoms with Gasteiger partial charge in [-0.3, -0.25) is 4.79 Å². The van der Waals surface area contributed by atoms with Gasteiger partial charge in [-0.1, -0.05) is 42.0 Å². The van der Waals surface area contributed by atoms with Crippen molar-refractivity contribution < 1.29 is 9.53 Å². The van der Waals surface area contributed by atoms with Crippen LogP contribution in [-0.4, -0.2) is 27.0 Å². The molecule has 1 aromatic heterocycles. The smallest absolute Gasteiger partial charge is 0.224 e. The Morgan fingerprint density at radius 3 is 2.53 bits per heavy atom. The molecule has 0 unspecified atom stereocenters. The Balaban J connectivity index is 1.39. The molecule has 0 radical (unpaired) electrons.